The Hall–Kier alpha value is -1.63. The summed E-state index contributed by atoms with van der Waals surface area (Å²) in [6.07, 6.45) is 25.5. The average Bonchev–Trinajstić information content (AvgIpc) is 2.98. The quantitative estimate of drug-likeness (QED) is 0.0401. The Bertz CT molecular complexity index is 752. The van der Waals surface area contributed by atoms with Crippen LogP contribution in [0.25, 0.3) is 0 Å². The van der Waals surface area contributed by atoms with Crippen molar-refractivity contribution in [2.45, 2.75) is 207 Å². The van der Waals surface area contributed by atoms with Crippen molar-refractivity contribution in [2.24, 2.45) is 5.92 Å². The lowest BCUT2D eigenvalue weighted by Gasteiger charge is -2.19. The molecule has 0 aliphatic heterocycles. The first-order valence-electron chi connectivity index (χ1n) is 19.7. The fourth-order valence-corrected chi connectivity index (χ4v) is 5.99. The summed E-state index contributed by atoms with van der Waals surface area (Å²) >= 11 is 0. The van der Waals surface area contributed by atoms with Gasteiger partial charge >= 0.3 is 17.9 Å². The highest BCUT2D eigenvalue weighted by Crippen LogP contribution is 2.22. The van der Waals surface area contributed by atoms with Crippen LogP contribution in [0.15, 0.2) is 0 Å². The lowest BCUT2D eigenvalue weighted by molar-refractivity contribution is -0.155. The van der Waals surface area contributed by atoms with Crippen LogP contribution in [0.1, 0.15) is 195 Å². The maximum atomic E-state index is 12.5. The molecule has 1 atom stereocenters. The highest BCUT2D eigenvalue weighted by molar-refractivity contribution is 5.70. The second kappa shape index (κ2) is 30.4. The van der Waals surface area contributed by atoms with Crippen LogP contribution >= 0.6 is 0 Å². The third kappa shape index (κ3) is 32.7. The smallest absolute Gasteiger partial charge is 0.306 e. The maximum Gasteiger partial charge on any atom is 0.306 e. The number of ether oxygens (including phenoxy) is 3. The number of hydrogen-bond donors (Lipinski definition) is 0. The van der Waals surface area contributed by atoms with Crippen molar-refractivity contribution in [1.29, 1.82) is 0 Å². The normalized spacial score (nSPS) is 12.4. The predicted octanol–water partition coefficient (Wildman–Crippen LogP) is 10.8. The molecule has 1 unspecified atom stereocenters. The summed E-state index contributed by atoms with van der Waals surface area (Å²) in [6, 6.07) is 0. The van der Waals surface area contributed by atoms with E-state index >= 15 is 0 Å². The lowest BCUT2D eigenvalue weighted by atomic mass is 9.92. The molecule has 0 bridgehead atoms. The number of hydrogen-bond acceptors (Lipinski definition) is 7. The van der Waals surface area contributed by atoms with Crippen LogP contribution in [0.4, 0.5) is 0 Å². The number of nitrogens with zero attached hydrogens (tertiary/aromatic N) is 1. The van der Waals surface area contributed by atoms with Crippen molar-refractivity contribution in [2.75, 3.05) is 27.2 Å². The van der Waals surface area contributed by atoms with Crippen LogP contribution in [0, 0.1) is 5.92 Å². The molecule has 278 valence electrons. The second-order valence-corrected chi connectivity index (χ2v) is 15.1. The molecule has 0 aliphatic rings. The van der Waals surface area contributed by atoms with Gasteiger partial charge in [-0.25, -0.2) is 0 Å². The van der Waals surface area contributed by atoms with E-state index in [0.29, 0.717) is 31.8 Å². The summed E-state index contributed by atoms with van der Waals surface area (Å²) in [5.74, 6) is 0.448. The van der Waals surface area contributed by atoms with Gasteiger partial charge in [-0.1, -0.05) is 104 Å². The SMILES string of the molecule is CCCCCC(CCCCC)CCOC(=O)CCCCCCCC(CCCCCCCC(=O)OC(C)(C)C)OC(=O)CCCN(C)C. The van der Waals surface area contributed by atoms with Gasteiger partial charge in [0.25, 0.3) is 0 Å². The molecule has 0 aromatic carbocycles. The van der Waals surface area contributed by atoms with Gasteiger partial charge in [-0.2, -0.15) is 0 Å². The monoisotopic (exact) mass is 668 g/mol. The van der Waals surface area contributed by atoms with Crippen molar-refractivity contribution in [3.05, 3.63) is 0 Å². The van der Waals surface area contributed by atoms with Crippen molar-refractivity contribution in [3.8, 4) is 0 Å². The van der Waals surface area contributed by atoms with E-state index in [1.54, 1.807) is 0 Å². The zero-order valence-corrected chi connectivity index (χ0v) is 32.1. The van der Waals surface area contributed by atoms with Crippen molar-refractivity contribution in [1.82, 2.24) is 4.90 Å². The van der Waals surface area contributed by atoms with Gasteiger partial charge in [-0.3, -0.25) is 14.4 Å². The summed E-state index contributed by atoms with van der Waals surface area (Å²) in [7, 11) is 4.04. The van der Waals surface area contributed by atoms with Crippen molar-refractivity contribution < 1.29 is 28.6 Å². The van der Waals surface area contributed by atoms with Gasteiger partial charge in [0.05, 0.1) is 6.61 Å². The molecule has 0 radical (unpaired) electrons. The molecular formula is C40H77NO6. The first-order chi connectivity index (χ1) is 22.5. The Balaban J connectivity index is 4.27. The van der Waals surface area contributed by atoms with E-state index in [1.807, 2.05) is 34.9 Å². The zero-order valence-electron chi connectivity index (χ0n) is 32.1. The Labute approximate surface area is 291 Å². The van der Waals surface area contributed by atoms with E-state index in [4.69, 9.17) is 14.2 Å². The molecule has 0 fully saturated rings. The largest absolute Gasteiger partial charge is 0.466 e. The molecule has 7 heteroatoms. The average molecular weight is 668 g/mol. The molecule has 0 aromatic heterocycles. The molecule has 7 nitrogen and oxygen atoms in total. The molecule has 0 amide bonds. The summed E-state index contributed by atoms with van der Waals surface area (Å²) < 4.78 is 16.9. The minimum atomic E-state index is -0.422. The molecule has 0 spiro atoms. The van der Waals surface area contributed by atoms with Crippen LogP contribution in [0.2, 0.25) is 0 Å². The predicted molar refractivity (Wildman–Crippen MR) is 196 cm³/mol. The molecule has 0 aliphatic carbocycles. The number of carbonyl (C=O) groups is 3. The summed E-state index contributed by atoms with van der Waals surface area (Å²) in [4.78, 5) is 38.8. The Kier molecular flexibility index (Phi) is 29.4. The molecule has 0 N–H and O–H groups in total. The fourth-order valence-electron chi connectivity index (χ4n) is 5.99. The Morgan fingerprint density at radius 2 is 1.02 bits per heavy atom. The topological polar surface area (TPSA) is 82.1 Å². The van der Waals surface area contributed by atoms with Gasteiger partial charge in [-0.05, 0) is 98.7 Å². The molecule has 47 heavy (non-hydrogen) atoms. The molecular weight excluding hydrogens is 590 g/mol. The van der Waals surface area contributed by atoms with Crippen molar-refractivity contribution >= 4 is 17.9 Å². The van der Waals surface area contributed by atoms with Crippen LogP contribution in [-0.4, -0.2) is 61.8 Å². The van der Waals surface area contributed by atoms with Gasteiger partial charge in [-0.15, -0.1) is 0 Å². The summed E-state index contributed by atoms with van der Waals surface area (Å²) in [5.41, 5.74) is -0.422. The fraction of sp³-hybridized carbons (Fsp3) is 0.925. The van der Waals surface area contributed by atoms with Gasteiger partial charge in [0.2, 0.25) is 0 Å². The van der Waals surface area contributed by atoms with Gasteiger partial charge in [0.1, 0.15) is 11.7 Å². The number of esters is 3. The summed E-state index contributed by atoms with van der Waals surface area (Å²) in [5, 5.41) is 0. The van der Waals surface area contributed by atoms with E-state index in [9.17, 15) is 14.4 Å². The highest BCUT2D eigenvalue weighted by Gasteiger charge is 2.17. The highest BCUT2D eigenvalue weighted by atomic mass is 16.6. The van der Waals surface area contributed by atoms with E-state index < -0.39 is 5.60 Å². The second-order valence-electron chi connectivity index (χ2n) is 15.1. The van der Waals surface area contributed by atoms with E-state index in [0.717, 1.165) is 96.4 Å². The van der Waals surface area contributed by atoms with Crippen LogP contribution in [0.5, 0.6) is 0 Å². The molecule has 0 heterocycles. The lowest BCUT2D eigenvalue weighted by Crippen LogP contribution is -2.23. The van der Waals surface area contributed by atoms with Gasteiger partial charge in [0.15, 0.2) is 0 Å². The van der Waals surface area contributed by atoms with E-state index in [2.05, 4.69) is 18.7 Å². The van der Waals surface area contributed by atoms with Gasteiger partial charge < -0.3 is 19.1 Å². The third-order valence-electron chi connectivity index (χ3n) is 8.74. The van der Waals surface area contributed by atoms with Crippen LogP contribution < -0.4 is 0 Å². The minimum Gasteiger partial charge on any atom is -0.466 e. The van der Waals surface area contributed by atoms with Gasteiger partial charge in [0, 0.05) is 19.3 Å². The Morgan fingerprint density at radius 3 is 1.53 bits per heavy atom. The number of carbonyl (C=O) groups excluding carboxylic acids is 3. The number of rotatable bonds is 32. The Morgan fingerprint density at radius 1 is 0.553 bits per heavy atom. The molecule has 0 rings (SSSR count). The standard InChI is InChI=1S/C40H77NO6/c1-8-10-18-25-35(26-19-11-9-2)32-34-45-37(42)29-22-16-12-14-20-27-36(46-38(43)31-24-33-41(6)7)28-21-15-13-17-23-30-39(44)47-40(3,4)5/h35-36H,8-34H2,1-7H3. The molecule has 0 aromatic rings. The zero-order chi connectivity index (χ0) is 35.2. The number of unbranched alkanes of at least 4 members (excludes halogenated alkanes) is 12. The first-order valence-corrected chi connectivity index (χ1v) is 19.7. The minimum absolute atomic E-state index is 0.0219. The molecule has 0 saturated carbocycles. The molecule has 0 saturated heterocycles. The third-order valence-corrected chi connectivity index (χ3v) is 8.74. The first kappa shape index (κ1) is 45.4. The summed E-state index contributed by atoms with van der Waals surface area (Å²) in [6.45, 7) is 11.7. The maximum absolute atomic E-state index is 12.5. The van der Waals surface area contributed by atoms with E-state index in [-0.39, 0.29) is 24.0 Å². The van der Waals surface area contributed by atoms with Crippen LogP contribution in [0.3, 0.4) is 0 Å². The van der Waals surface area contributed by atoms with Crippen LogP contribution in [-0.2, 0) is 28.6 Å². The van der Waals surface area contributed by atoms with E-state index in [1.165, 1.54) is 51.4 Å². The van der Waals surface area contributed by atoms with Crippen molar-refractivity contribution in [3.63, 3.8) is 0 Å².